The van der Waals surface area contributed by atoms with E-state index in [4.69, 9.17) is 34.8 Å². The van der Waals surface area contributed by atoms with Crippen LogP contribution in [-0.4, -0.2) is 98.9 Å². The minimum Gasteiger partial charge on any atom is -0.481 e. The molecular formula is C84H68N12O6. The van der Waals surface area contributed by atoms with Crippen LogP contribution in [0.3, 0.4) is 0 Å². The monoisotopic (exact) mass is 1340 g/mol. The van der Waals surface area contributed by atoms with Crippen LogP contribution in [-0.2, 0) is 25.3 Å². The van der Waals surface area contributed by atoms with Crippen molar-refractivity contribution in [3.8, 4) is 67.5 Å². The fraction of sp³-hybridized carbons (Fsp3) is 0.0714. The summed E-state index contributed by atoms with van der Waals surface area (Å²) in [5.41, 5.74) is 15.4. The van der Waals surface area contributed by atoms with E-state index < -0.39 is 23.3 Å². The van der Waals surface area contributed by atoms with Gasteiger partial charge in [-0.15, -0.1) is 40.2 Å². The number of hydrogen-bond donors (Lipinski definition) is 2. The van der Waals surface area contributed by atoms with Crippen LogP contribution in [0.2, 0.25) is 0 Å². The highest BCUT2D eigenvalue weighted by molar-refractivity contribution is 5.85. The molecule has 18 nitrogen and oxygen atoms in total. The van der Waals surface area contributed by atoms with E-state index in [2.05, 4.69) is 127 Å². The third-order valence-electron chi connectivity index (χ3n) is 17.1. The minimum atomic E-state index is -0.838. The van der Waals surface area contributed by atoms with Gasteiger partial charge in [0.15, 0.2) is 17.4 Å². The number of aromatic nitrogens is 12. The Hall–Kier alpha value is -13.4. The highest BCUT2D eigenvalue weighted by atomic mass is 16.7. The maximum atomic E-state index is 11.2. The molecule has 0 spiro atoms. The summed E-state index contributed by atoms with van der Waals surface area (Å²) in [5.74, 6) is 0.783. The summed E-state index contributed by atoms with van der Waals surface area (Å²) in [6, 6.07) is 109. The van der Waals surface area contributed by atoms with E-state index >= 15 is 0 Å². The first-order valence-electron chi connectivity index (χ1n) is 32.6. The molecule has 12 aromatic carbocycles. The SMILES string of the molecule is CC(=O)O.COC(OC)c1ccc(-c2ccccc2-c2nnn(C(c3ccccc3)(c3ccccc3)c3ccccc3)n2)cc1.O=Cc1ccc(-c2ccccc2-c2nn[nH]n2)cc1.O=Cc1ccc(-c2ccccc2-c2nnn(C(c3ccccc3)(c3ccccc3)c3ccccc3)n2)cc1. The molecule has 0 aliphatic heterocycles. The van der Waals surface area contributed by atoms with Crippen LogP contribution in [0.1, 0.15) is 72.9 Å². The Morgan fingerprint density at radius 3 is 0.902 bits per heavy atom. The number of hydrogen-bond acceptors (Lipinski definition) is 14. The van der Waals surface area contributed by atoms with Gasteiger partial charge < -0.3 is 14.6 Å². The van der Waals surface area contributed by atoms with Crippen molar-refractivity contribution < 1.29 is 29.0 Å². The number of aldehydes is 2. The Balaban J connectivity index is 0.000000149. The first-order valence-corrected chi connectivity index (χ1v) is 32.6. The number of H-pyrrole nitrogens is 1. The smallest absolute Gasteiger partial charge is 0.300 e. The van der Waals surface area contributed by atoms with Crippen molar-refractivity contribution in [1.82, 2.24) is 61.0 Å². The van der Waals surface area contributed by atoms with E-state index in [1.807, 2.05) is 224 Å². The van der Waals surface area contributed by atoms with E-state index in [0.29, 0.717) is 28.6 Å². The fourth-order valence-corrected chi connectivity index (χ4v) is 12.4. The normalized spacial score (nSPS) is 11.0. The van der Waals surface area contributed by atoms with Gasteiger partial charge in [-0.25, -0.2) is 0 Å². The van der Waals surface area contributed by atoms with Crippen molar-refractivity contribution in [3.05, 3.63) is 378 Å². The molecule has 0 atom stereocenters. The lowest BCUT2D eigenvalue weighted by molar-refractivity contribution is -0.134. The highest BCUT2D eigenvalue weighted by Gasteiger charge is 2.43. The van der Waals surface area contributed by atoms with Crippen molar-refractivity contribution >= 4 is 18.5 Å². The molecule has 0 amide bonds. The molecule has 15 aromatic rings. The molecule has 18 heteroatoms. The first kappa shape index (κ1) is 68.5. The second-order valence-electron chi connectivity index (χ2n) is 23.2. The Labute approximate surface area is 589 Å². The predicted octanol–water partition coefficient (Wildman–Crippen LogP) is 16.2. The lowest BCUT2D eigenvalue weighted by Gasteiger charge is -2.34. The molecule has 0 radical (unpaired) electrons. The molecule has 15 rings (SSSR count). The van der Waals surface area contributed by atoms with Gasteiger partial charge in [-0.3, -0.25) is 14.4 Å². The molecule has 0 aliphatic carbocycles. The summed E-state index contributed by atoms with van der Waals surface area (Å²) >= 11 is 0. The number of carbonyl (C=O) groups excluding carboxylic acids is 2. The van der Waals surface area contributed by atoms with Gasteiger partial charge in [0.1, 0.15) is 12.6 Å². The summed E-state index contributed by atoms with van der Waals surface area (Å²) in [6.07, 6.45) is 1.26. The van der Waals surface area contributed by atoms with Crippen molar-refractivity contribution in [3.63, 3.8) is 0 Å². The Morgan fingerprint density at radius 2 is 0.637 bits per heavy atom. The largest absolute Gasteiger partial charge is 0.481 e. The summed E-state index contributed by atoms with van der Waals surface area (Å²) < 4.78 is 10.8. The molecule has 0 fully saturated rings. The van der Waals surface area contributed by atoms with Crippen LogP contribution in [0.4, 0.5) is 0 Å². The number of tetrazole rings is 3. The molecule has 3 heterocycles. The zero-order chi connectivity index (χ0) is 70.5. The minimum absolute atomic E-state index is 0.414. The highest BCUT2D eigenvalue weighted by Crippen LogP contribution is 2.43. The van der Waals surface area contributed by atoms with Crippen LogP contribution in [0.5, 0.6) is 0 Å². The maximum Gasteiger partial charge on any atom is 0.300 e. The number of methoxy groups -OCH3 is 2. The first-order chi connectivity index (χ1) is 50.2. The lowest BCUT2D eigenvalue weighted by Crippen LogP contribution is -2.39. The van der Waals surface area contributed by atoms with Crippen molar-refractivity contribution in [2.75, 3.05) is 14.2 Å². The maximum absolute atomic E-state index is 11.2. The van der Waals surface area contributed by atoms with Crippen molar-refractivity contribution in [2.45, 2.75) is 24.3 Å². The molecule has 0 saturated carbocycles. The second-order valence-corrected chi connectivity index (χ2v) is 23.2. The van der Waals surface area contributed by atoms with Crippen LogP contribution >= 0.6 is 0 Å². The topological polar surface area (TPSA) is 232 Å². The van der Waals surface area contributed by atoms with E-state index in [1.54, 1.807) is 35.9 Å². The third kappa shape index (κ3) is 14.9. The molecule has 0 aliphatic rings. The second kappa shape index (κ2) is 32.8. The van der Waals surface area contributed by atoms with Crippen LogP contribution in [0.15, 0.2) is 328 Å². The van der Waals surface area contributed by atoms with Crippen LogP contribution in [0.25, 0.3) is 67.5 Å². The average Bonchev–Trinajstić information content (AvgIpc) is 1.33. The Morgan fingerprint density at radius 1 is 0.373 bits per heavy atom. The number of rotatable bonds is 19. The van der Waals surface area contributed by atoms with Gasteiger partial charge in [0.05, 0.1) is 0 Å². The van der Waals surface area contributed by atoms with Gasteiger partial charge in [-0.1, -0.05) is 328 Å². The Kier molecular flexibility index (Phi) is 22.0. The third-order valence-corrected chi connectivity index (χ3v) is 17.1. The standard InChI is InChI=1S/C35H30N4O2.C33H24N4O.C14H10N4O.C2H4O2/c1-40-34(41-2)27-24-22-26(23-25-27)31-20-12-13-21-32(31)33-36-38-39(37-33)35(28-14-6-3-7-15-28,29-16-8-4-9-17-29)30-18-10-5-11-19-30;38-24-25-20-22-26(23-21-25)30-18-10-11-19-31(30)32-34-36-37(35-32)33(27-12-4-1-5-13-27,28-14-6-2-7-15-28)29-16-8-3-9-17-29;19-9-10-5-7-11(8-6-10)12-3-1-2-4-13(12)14-15-17-18-16-14;1-2(3)4/h3-25,34H,1-2H3;1-24H;1-9H,(H,15,16,17,18);1H3,(H,3,4). The molecule has 0 saturated heterocycles. The van der Waals surface area contributed by atoms with Crippen LogP contribution < -0.4 is 0 Å². The average molecular weight is 1340 g/mol. The summed E-state index contributed by atoms with van der Waals surface area (Å²) in [7, 11) is 3.26. The van der Waals surface area contributed by atoms with Gasteiger partial charge >= 0.3 is 0 Å². The number of carboxylic acid groups (broad SMARTS) is 1. The number of carbonyl (C=O) groups is 3. The zero-order valence-corrected chi connectivity index (χ0v) is 55.8. The summed E-state index contributed by atoms with van der Waals surface area (Å²) in [4.78, 5) is 34.3. The van der Waals surface area contributed by atoms with Gasteiger partial charge in [0, 0.05) is 54.5 Å². The number of carboxylic acids is 1. The predicted molar refractivity (Wildman–Crippen MR) is 392 cm³/mol. The summed E-state index contributed by atoms with van der Waals surface area (Å²) in [6.45, 7) is 1.08. The molecule has 3 aromatic heterocycles. The van der Waals surface area contributed by atoms with Crippen molar-refractivity contribution in [2.24, 2.45) is 0 Å². The number of nitrogens with one attached hydrogen (secondary N) is 1. The fourth-order valence-electron chi connectivity index (χ4n) is 12.4. The Bertz CT molecular complexity index is 4950. The van der Waals surface area contributed by atoms with E-state index in [0.717, 1.165) is 109 Å². The number of aromatic amines is 1. The van der Waals surface area contributed by atoms with E-state index in [-0.39, 0.29) is 0 Å². The van der Waals surface area contributed by atoms with Gasteiger partial charge in [0.2, 0.25) is 17.5 Å². The molecule has 500 valence electrons. The van der Waals surface area contributed by atoms with Gasteiger partial charge in [-0.05, 0) is 82.4 Å². The lowest BCUT2D eigenvalue weighted by atomic mass is 9.77. The summed E-state index contributed by atoms with van der Waals surface area (Å²) in [5, 5.41) is 50.2. The van der Waals surface area contributed by atoms with Gasteiger partial charge in [-0.2, -0.15) is 5.21 Å². The van der Waals surface area contributed by atoms with E-state index in [1.165, 1.54) is 0 Å². The number of nitrogens with zero attached hydrogens (tertiary/aromatic N) is 11. The van der Waals surface area contributed by atoms with E-state index in [9.17, 15) is 9.59 Å². The molecule has 0 bridgehead atoms. The van der Waals surface area contributed by atoms with Gasteiger partial charge in [0.25, 0.3) is 5.97 Å². The molecule has 2 N–H and O–H groups in total. The number of benzene rings is 12. The quantitative estimate of drug-likeness (QED) is 0.0435. The number of aliphatic carboxylic acids is 1. The van der Waals surface area contributed by atoms with Crippen LogP contribution in [0, 0.1) is 0 Å². The number of ether oxygens (including phenoxy) is 2. The molecule has 102 heavy (non-hydrogen) atoms. The van der Waals surface area contributed by atoms with Crippen molar-refractivity contribution in [1.29, 1.82) is 0 Å². The molecule has 0 unspecified atom stereocenters. The zero-order valence-electron chi connectivity index (χ0n) is 55.8. The molecular weight excluding hydrogens is 1270 g/mol.